The predicted octanol–water partition coefficient (Wildman–Crippen LogP) is 1.49. The first kappa shape index (κ1) is 19.2. The van der Waals surface area contributed by atoms with Gasteiger partial charge in [-0.3, -0.25) is 14.3 Å². The van der Waals surface area contributed by atoms with Gasteiger partial charge >= 0.3 is 0 Å². The van der Waals surface area contributed by atoms with E-state index in [1.807, 2.05) is 32.1 Å². The molecule has 0 fully saturated rings. The maximum Gasteiger partial charge on any atom is 0.274 e. The lowest BCUT2D eigenvalue weighted by atomic mass is 10.1. The van der Waals surface area contributed by atoms with Crippen LogP contribution >= 0.6 is 0 Å². The molecule has 1 aromatic rings. The van der Waals surface area contributed by atoms with E-state index in [2.05, 4.69) is 5.10 Å². The van der Waals surface area contributed by atoms with Gasteiger partial charge in [-0.05, 0) is 26.2 Å². The molecule has 1 aliphatic carbocycles. The second-order valence-electron chi connectivity index (χ2n) is 6.48. The van der Waals surface area contributed by atoms with Gasteiger partial charge in [0.2, 0.25) is 5.78 Å². The van der Waals surface area contributed by atoms with E-state index in [0.29, 0.717) is 43.9 Å². The average Bonchev–Trinajstić information content (AvgIpc) is 2.80. The molecule has 0 aliphatic heterocycles. The van der Waals surface area contributed by atoms with Crippen molar-refractivity contribution in [2.75, 3.05) is 40.9 Å². The highest BCUT2D eigenvalue weighted by molar-refractivity contribution is 6.10. The van der Waals surface area contributed by atoms with Crippen molar-refractivity contribution < 1.29 is 14.3 Å². The predicted molar refractivity (Wildman–Crippen MR) is 95.7 cm³/mol. The maximum absolute atomic E-state index is 12.9. The second kappa shape index (κ2) is 8.29. The van der Waals surface area contributed by atoms with Gasteiger partial charge in [0, 0.05) is 58.7 Å². The molecule has 25 heavy (non-hydrogen) atoms. The van der Waals surface area contributed by atoms with Crippen molar-refractivity contribution in [1.82, 2.24) is 19.6 Å². The Balaban J connectivity index is 2.41. The van der Waals surface area contributed by atoms with Gasteiger partial charge in [-0.2, -0.15) is 5.10 Å². The van der Waals surface area contributed by atoms with E-state index in [1.54, 1.807) is 23.7 Å². The number of amides is 1. The fourth-order valence-electron chi connectivity index (χ4n) is 3.17. The number of allylic oxidation sites excluding steroid dienone is 1. The van der Waals surface area contributed by atoms with E-state index in [1.165, 1.54) is 0 Å². The highest BCUT2D eigenvalue weighted by atomic mass is 16.5. The highest BCUT2D eigenvalue weighted by Crippen LogP contribution is 2.27. The molecule has 7 heteroatoms. The number of ether oxygens (including phenoxy) is 1. The molecule has 1 aromatic heterocycles. The largest absolute Gasteiger partial charge is 0.383 e. The molecule has 1 aliphatic rings. The molecule has 0 saturated carbocycles. The van der Waals surface area contributed by atoms with Gasteiger partial charge in [-0.1, -0.05) is 0 Å². The van der Waals surface area contributed by atoms with Crippen LogP contribution in [0.4, 0.5) is 0 Å². The SMILES string of the molecule is CCN(CCOC)C(=O)c1nn(C)c2c1CCC/C(=C\N(C)C)C2=O. The van der Waals surface area contributed by atoms with Gasteiger partial charge in [0.1, 0.15) is 5.69 Å². The Labute approximate surface area is 149 Å². The number of hydrogen-bond donors (Lipinski definition) is 0. The summed E-state index contributed by atoms with van der Waals surface area (Å²) in [5.74, 6) is -0.167. The molecule has 0 radical (unpaired) electrons. The van der Waals surface area contributed by atoms with Crippen LogP contribution in [0.15, 0.2) is 11.8 Å². The molecule has 1 heterocycles. The van der Waals surface area contributed by atoms with Crippen LogP contribution in [-0.2, 0) is 18.2 Å². The minimum absolute atomic E-state index is 0.0322. The zero-order valence-electron chi connectivity index (χ0n) is 15.8. The van der Waals surface area contributed by atoms with Crippen molar-refractivity contribution in [3.63, 3.8) is 0 Å². The van der Waals surface area contributed by atoms with E-state index < -0.39 is 0 Å². The number of likely N-dealkylation sites (N-methyl/N-ethyl adjacent to an activating group) is 1. The van der Waals surface area contributed by atoms with E-state index in [-0.39, 0.29) is 11.7 Å². The molecule has 7 nitrogen and oxygen atoms in total. The number of aromatic nitrogens is 2. The number of hydrogen-bond acceptors (Lipinski definition) is 5. The monoisotopic (exact) mass is 348 g/mol. The minimum atomic E-state index is -0.135. The summed E-state index contributed by atoms with van der Waals surface area (Å²) in [5, 5.41) is 4.40. The van der Waals surface area contributed by atoms with E-state index in [0.717, 1.165) is 17.6 Å². The Morgan fingerprint density at radius 1 is 1.36 bits per heavy atom. The molecular weight excluding hydrogens is 320 g/mol. The van der Waals surface area contributed by atoms with Gasteiger partial charge in [-0.15, -0.1) is 0 Å². The van der Waals surface area contributed by atoms with Crippen molar-refractivity contribution in [1.29, 1.82) is 0 Å². The summed E-state index contributed by atoms with van der Waals surface area (Å²) < 4.78 is 6.64. The Bertz CT molecular complexity index is 676. The number of fused-ring (bicyclic) bond motifs is 1. The minimum Gasteiger partial charge on any atom is -0.383 e. The first-order valence-electron chi connectivity index (χ1n) is 8.66. The number of carbonyl (C=O) groups is 2. The van der Waals surface area contributed by atoms with Crippen LogP contribution in [-0.4, -0.2) is 72.2 Å². The average molecular weight is 348 g/mol. The second-order valence-corrected chi connectivity index (χ2v) is 6.48. The Kier molecular flexibility index (Phi) is 6.36. The van der Waals surface area contributed by atoms with Crippen LogP contribution in [0.3, 0.4) is 0 Å². The van der Waals surface area contributed by atoms with E-state index in [9.17, 15) is 9.59 Å². The summed E-state index contributed by atoms with van der Waals surface area (Å²) in [6.07, 6.45) is 4.08. The van der Waals surface area contributed by atoms with Crippen molar-refractivity contribution >= 4 is 11.7 Å². The maximum atomic E-state index is 12.9. The fourth-order valence-corrected chi connectivity index (χ4v) is 3.17. The Morgan fingerprint density at radius 3 is 2.68 bits per heavy atom. The lowest BCUT2D eigenvalue weighted by molar-refractivity contribution is 0.0698. The summed E-state index contributed by atoms with van der Waals surface area (Å²) in [4.78, 5) is 29.4. The molecule has 2 rings (SSSR count). The quantitative estimate of drug-likeness (QED) is 0.576. The number of ketones is 1. The van der Waals surface area contributed by atoms with Crippen LogP contribution in [0, 0.1) is 0 Å². The highest BCUT2D eigenvalue weighted by Gasteiger charge is 2.31. The van der Waals surface area contributed by atoms with E-state index >= 15 is 0 Å². The van der Waals surface area contributed by atoms with Crippen molar-refractivity contribution in [3.8, 4) is 0 Å². The number of aryl methyl sites for hydroxylation is 1. The first-order valence-corrected chi connectivity index (χ1v) is 8.66. The van der Waals surface area contributed by atoms with Crippen LogP contribution in [0.5, 0.6) is 0 Å². The van der Waals surface area contributed by atoms with Crippen molar-refractivity contribution in [3.05, 3.63) is 28.7 Å². The summed E-state index contributed by atoms with van der Waals surface area (Å²) in [7, 11) is 7.15. The molecule has 1 amide bonds. The standard InChI is InChI=1S/C18H28N4O3/c1-6-22(10-11-25-5)18(24)15-14-9-7-8-13(12-20(2)3)17(23)16(14)21(4)19-15/h12H,6-11H2,1-5H3/b13-12+. The molecule has 0 unspecified atom stereocenters. The zero-order valence-corrected chi connectivity index (χ0v) is 15.8. The van der Waals surface area contributed by atoms with E-state index in [4.69, 9.17) is 4.74 Å². The molecule has 0 N–H and O–H groups in total. The molecule has 0 bridgehead atoms. The van der Waals surface area contributed by atoms with Crippen LogP contribution in [0.25, 0.3) is 0 Å². The first-order chi connectivity index (χ1) is 11.9. The summed E-state index contributed by atoms with van der Waals surface area (Å²) in [6, 6.07) is 0. The summed E-state index contributed by atoms with van der Waals surface area (Å²) >= 11 is 0. The van der Waals surface area contributed by atoms with Crippen LogP contribution in [0.1, 0.15) is 46.3 Å². The van der Waals surface area contributed by atoms with Gasteiger partial charge in [-0.25, -0.2) is 0 Å². The molecule has 0 atom stereocenters. The molecule has 0 spiro atoms. The number of nitrogens with zero attached hydrogens (tertiary/aromatic N) is 4. The third-order valence-electron chi connectivity index (χ3n) is 4.38. The van der Waals surface area contributed by atoms with Crippen LogP contribution < -0.4 is 0 Å². The summed E-state index contributed by atoms with van der Waals surface area (Å²) in [5.41, 5.74) is 2.47. The topological polar surface area (TPSA) is 67.7 Å². The molecule has 0 saturated heterocycles. The van der Waals surface area contributed by atoms with Gasteiger partial charge in [0.15, 0.2) is 5.69 Å². The number of Topliss-reactive ketones (excluding diaryl/α,β-unsaturated/α-hetero) is 1. The van der Waals surface area contributed by atoms with Crippen molar-refractivity contribution in [2.24, 2.45) is 7.05 Å². The van der Waals surface area contributed by atoms with Gasteiger partial charge in [0.25, 0.3) is 5.91 Å². The molecule has 0 aromatic carbocycles. The zero-order chi connectivity index (χ0) is 18.6. The lowest BCUT2D eigenvalue weighted by Gasteiger charge is -2.19. The fraction of sp³-hybridized carbons (Fsp3) is 0.611. The molecular formula is C18H28N4O3. The summed E-state index contributed by atoms with van der Waals surface area (Å²) in [6.45, 7) is 3.49. The number of methoxy groups -OCH3 is 1. The lowest BCUT2D eigenvalue weighted by Crippen LogP contribution is -2.34. The number of rotatable bonds is 6. The Morgan fingerprint density at radius 2 is 2.08 bits per heavy atom. The van der Waals surface area contributed by atoms with Crippen LogP contribution in [0.2, 0.25) is 0 Å². The Hall–Kier alpha value is -2.15. The third-order valence-corrected chi connectivity index (χ3v) is 4.38. The third kappa shape index (κ3) is 4.10. The smallest absolute Gasteiger partial charge is 0.274 e. The number of carbonyl (C=O) groups excluding carboxylic acids is 2. The molecule has 138 valence electrons. The normalized spacial score (nSPS) is 15.9. The van der Waals surface area contributed by atoms with Gasteiger partial charge < -0.3 is 14.5 Å². The van der Waals surface area contributed by atoms with Crippen molar-refractivity contribution in [2.45, 2.75) is 26.2 Å². The van der Waals surface area contributed by atoms with Gasteiger partial charge in [0.05, 0.1) is 6.61 Å².